The Morgan fingerprint density at radius 1 is 1.56 bits per heavy atom. The number of H-pyrrole nitrogens is 2. The SMILES string of the molecule is CCOC(=O)/C(Br)=C/c1c[nH]c(=O)[nH]c1=O. The highest BCUT2D eigenvalue weighted by molar-refractivity contribution is 9.12. The molecule has 0 saturated carbocycles. The number of hydrogen-bond donors (Lipinski definition) is 2. The van der Waals surface area contributed by atoms with Crippen LogP contribution in [0.25, 0.3) is 6.08 Å². The van der Waals surface area contributed by atoms with E-state index in [-0.39, 0.29) is 16.7 Å². The van der Waals surface area contributed by atoms with Crippen molar-refractivity contribution < 1.29 is 9.53 Å². The third-order valence-corrected chi connectivity index (χ3v) is 2.15. The van der Waals surface area contributed by atoms with Crippen LogP contribution in [0.2, 0.25) is 0 Å². The molecule has 0 unspecified atom stereocenters. The number of aromatic nitrogens is 2. The standard InChI is InChI=1S/C9H9BrN2O4/c1-2-16-8(14)6(10)3-5-4-11-9(15)12-7(5)13/h3-4H,2H2,1H3,(H2,11,12,13,15)/b6-3-. The average Bonchev–Trinajstić information content (AvgIpc) is 2.22. The third-order valence-electron chi connectivity index (χ3n) is 1.60. The number of hydrogen-bond acceptors (Lipinski definition) is 4. The molecule has 0 spiro atoms. The molecule has 1 aromatic heterocycles. The number of rotatable bonds is 3. The summed E-state index contributed by atoms with van der Waals surface area (Å²) in [7, 11) is 0. The Bertz CT molecular complexity index is 529. The zero-order valence-corrected chi connectivity index (χ0v) is 9.96. The summed E-state index contributed by atoms with van der Waals surface area (Å²) in [6, 6.07) is 0. The Morgan fingerprint density at radius 3 is 2.81 bits per heavy atom. The van der Waals surface area contributed by atoms with E-state index in [9.17, 15) is 14.4 Å². The molecule has 0 saturated heterocycles. The molecule has 0 aromatic carbocycles. The molecular formula is C9H9BrN2O4. The molecule has 1 heterocycles. The van der Waals surface area contributed by atoms with Gasteiger partial charge in [0, 0.05) is 6.20 Å². The van der Waals surface area contributed by atoms with E-state index < -0.39 is 17.2 Å². The summed E-state index contributed by atoms with van der Waals surface area (Å²) in [4.78, 5) is 37.5. The number of halogens is 1. The minimum Gasteiger partial charge on any atom is -0.462 e. The molecule has 86 valence electrons. The highest BCUT2D eigenvalue weighted by Crippen LogP contribution is 2.10. The van der Waals surface area contributed by atoms with Gasteiger partial charge in [0.15, 0.2) is 0 Å². The second kappa shape index (κ2) is 5.45. The zero-order valence-electron chi connectivity index (χ0n) is 8.37. The summed E-state index contributed by atoms with van der Waals surface area (Å²) < 4.78 is 4.80. The van der Waals surface area contributed by atoms with Crippen LogP contribution < -0.4 is 11.2 Å². The Balaban J connectivity index is 3.03. The van der Waals surface area contributed by atoms with Crippen LogP contribution in [0.3, 0.4) is 0 Å². The quantitative estimate of drug-likeness (QED) is 0.621. The lowest BCUT2D eigenvalue weighted by Gasteiger charge is -1.99. The molecule has 0 aliphatic rings. The fraction of sp³-hybridized carbons (Fsp3) is 0.222. The lowest BCUT2D eigenvalue weighted by atomic mass is 10.3. The van der Waals surface area contributed by atoms with Crippen molar-refractivity contribution in [3.8, 4) is 0 Å². The number of esters is 1. The Labute approximate surface area is 98.5 Å². The predicted octanol–water partition coefficient (Wildman–Crippen LogP) is 0.362. The van der Waals surface area contributed by atoms with Crippen molar-refractivity contribution in [2.24, 2.45) is 0 Å². The van der Waals surface area contributed by atoms with E-state index in [0.717, 1.165) is 0 Å². The molecule has 16 heavy (non-hydrogen) atoms. The van der Waals surface area contributed by atoms with E-state index in [1.165, 1.54) is 12.3 Å². The van der Waals surface area contributed by atoms with Gasteiger partial charge >= 0.3 is 11.7 Å². The van der Waals surface area contributed by atoms with Crippen LogP contribution >= 0.6 is 15.9 Å². The molecule has 0 radical (unpaired) electrons. The second-order valence-corrected chi connectivity index (χ2v) is 3.59. The van der Waals surface area contributed by atoms with Gasteiger partial charge in [-0.05, 0) is 28.9 Å². The highest BCUT2D eigenvalue weighted by Gasteiger charge is 2.07. The van der Waals surface area contributed by atoms with Gasteiger partial charge < -0.3 is 9.72 Å². The van der Waals surface area contributed by atoms with Crippen LogP contribution in [0.15, 0.2) is 20.3 Å². The molecular weight excluding hydrogens is 280 g/mol. The predicted molar refractivity (Wildman–Crippen MR) is 61.2 cm³/mol. The van der Waals surface area contributed by atoms with Gasteiger partial charge in [-0.25, -0.2) is 9.59 Å². The summed E-state index contributed by atoms with van der Waals surface area (Å²) in [5, 5.41) is 0. The third kappa shape index (κ3) is 3.20. The maximum Gasteiger partial charge on any atom is 0.345 e. The van der Waals surface area contributed by atoms with E-state index in [4.69, 9.17) is 4.74 Å². The summed E-state index contributed by atoms with van der Waals surface area (Å²) in [6.45, 7) is 1.91. The fourth-order valence-corrected chi connectivity index (χ4v) is 1.28. The first-order chi connectivity index (χ1) is 7.54. The van der Waals surface area contributed by atoms with Gasteiger partial charge in [0.2, 0.25) is 0 Å². The van der Waals surface area contributed by atoms with E-state index in [1.54, 1.807) is 6.92 Å². The number of aromatic amines is 2. The maximum absolute atomic E-state index is 11.3. The van der Waals surface area contributed by atoms with Crippen molar-refractivity contribution in [2.75, 3.05) is 6.61 Å². The van der Waals surface area contributed by atoms with Crippen LogP contribution in [-0.2, 0) is 9.53 Å². The first-order valence-corrected chi connectivity index (χ1v) is 5.20. The van der Waals surface area contributed by atoms with Gasteiger partial charge in [0.1, 0.15) is 4.48 Å². The molecule has 1 rings (SSSR count). The average molecular weight is 289 g/mol. The summed E-state index contributed by atoms with van der Waals surface area (Å²) in [5.74, 6) is -0.576. The normalized spacial score (nSPS) is 11.2. The minimum absolute atomic E-state index is 0.104. The van der Waals surface area contributed by atoms with Gasteiger partial charge in [-0.2, -0.15) is 0 Å². The molecule has 0 atom stereocenters. The first kappa shape index (κ1) is 12.4. The Hall–Kier alpha value is -1.63. The van der Waals surface area contributed by atoms with Crippen molar-refractivity contribution in [2.45, 2.75) is 6.92 Å². The van der Waals surface area contributed by atoms with Crippen molar-refractivity contribution in [3.63, 3.8) is 0 Å². The lowest BCUT2D eigenvalue weighted by molar-refractivity contribution is -0.137. The molecule has 0 aliphatic carbocycles. The summed E-state index contributed by atoms with van der Waals surface area (Å²) in [5.41, 5.74) is -1.03. The minimum atomic E-state index is -0.602. The van der Waals surface area contributed by atoms with Gasteiger partial charge in [-0.15, -0.1) is 0 Å². The molecule has 0 fully saturated rings. The summed E-state index contributed by atoms with van der Waals surface area (Å²) in [6.07, 6.45) is 2.48. The first-order valence-electron chi connectivity index (χ1n) is 4.41. The highest BCUT2D eigenvalue weighted by atomic mass is 79.9. The van der Waals surface area contributed by atoms with Crippen molar-refractivity contribution in [1.29, 1.82) is 0 Å². The van der Waals surface area contributed by atoms with Crippen LogP contribution in [0.4, 0.5) is 0 Å². The van der Waals surface area contributed by atoms with Crippen LogP contribution in [-0.4, -0.2) is 22.5 Å². The van der Waals surface area contributed by atoms with Crippen molar-refractivity contribution in [3.05, 3.63) is 37.1 Å². The van der Waals surface area contributed by atoms with Crippen LogP contribution in [0.1, 0.15) is 12.5 Å². The van der Waals surface area contributed by atoms with E-state index in [2.05, 4.69) is 20.9 Å². The van der Waals surface area contributed by atoms with Gasteiger partial charge in [-0.3, -0.25) is 9.78 Å². The van der Waals surface area contributed by atoms with Crippen molar-refractivity contribution >= 4 is 28.0 Å². The van der Waals surface area contributed by atoms with E-state index in [1.807, 2.05) is 4.98 Å². The molecule has 1 aromatic rings. The number of carbonyl (C=O) groups excluding carboxylic acids is 1. The largest absolute Gasteiger partial charge is 0.462 e. The van der Waals surface area contributed by atoms with Crippen LogP contribution in [0, 0.1) is 0 Å². The Morgan fingerprint density at radius 2 is 2.25 bits per heavy atom. The van der Waals surface area contributed by atoms with Gasteiger partial charge in [0.25, 0.3) is 5.56 Å². The number of ether oxygens (including phenoxy) is 1. The monoisotopic (exact) mass is 288 g/mol. The van der Waals surface area contributed by atoms with E-state index in [0.29, 0.717) is 0 Å². The van der Waals surface area contributed by atoms with Crippen LogP contribution in [0.5, 0.6) is 0 Å². The fourth-order valence-electron chi connectivity index (χ4n) is 0.923. The lowest BCUT2D eigenvalue weighted by Crippen LogP contribution is -2.23. The number of nitrogens with one attached hydrogen (secondary N) is 2. The van der Waals surface area contributed by atoms with Gasteiger partial charge in [0.05, 0.1) is 12.2 Å². The topological polar surface area (TPSA) is 92.0 Å². The van der Waals surface area contributed by atoms with E-state index >= 15 is 0 Å². The van der Waals surface area contributed by atoms with Gasteiger partial charge in [-0.1, -0.05) is 0 Å². The molecule has 0 amide bonds. The van der Waals surface area contributed by atoms with Crippen molar-refractivity contribution in [1.82, 2.24) is 9.97 Å². The molecule has 2 N–H and O–H groups in total. The molecule has 7 heteroatoms. The number of carbonyl (C=O) groups is 1. The molecule has 0 aliphatic heterocycles. The smallest absolute Gasteiger partial charge is 0.345 e. The maximum atomic E-state index is 11.3. The zero-order chi connectivity index (χ0) is 12.1. The Kier molecular flexibility index (Phi) is 4.24. The second-order valence-electron chi connectivity index (χ2n) is 2.74. The summed E-state index contributed by atoms with van der Waals surface area (Å²) >= 11 is 2.98. The molecule has 0 bridgehead atoms. The molecule has 6 nitrogen and oxygen atoms in total.